The molecule has 0 bridgehead atoms. The molecule has 1 rings (SSSR count). The van der Waals surface area contributed by atoms with Crippen molar-refractivity contribution in [2.24, 2.45) is 0 Å². The van der Waals surface area contributed by atoms with E-state index in [1.165, 1.54) is 0 Å². The minimum absolute atomic E-state index is 0.216. The highest BCUT2D eigenvalue weighted by Gasteiger charge is 2.35. The minimum atomic E-state index is -0.458. The lowest BCUT2D eigenvalue weighted by atomic mass is 10.2. The Balaban J connectivity index is 2.31. The Bertz CT molecular complexity index is 290. The molecule has 24 heavy (non-hydrogen) atoms. The Hall–Kier alpha value is 1.90. The van der Waals surface area contributed by atoms with Gasteiger partial charge in [0, 0.05) is 33.5 Å². The van der Waals surface area contributed by atoms with Crippen molar-refractivity contribution in [1.29, 1.82) is 0 Å². The molecule has 1 heterocycles. The first-order valence-corrected chi connectivity index (χ1v) is 13.8. The van der Waals surface area contributed by atoms with Crippen molar-refractivity contribution < 1.29 is 10.2 Å². The number of aliphatic hydroxyl groups excluding tert-OH is 2. The molecule has 1 fully saturated rings. The van der Waals surface area contributed by atoms with Gasteiger partial charge in [-0.2, -0.15) is 47.0 Å². The summed E-state index contributed by atoms with van der Waals surface area (Å²) in [4.78, 5) is 0. The van der Waals surface area contributed by atoms with Crippen LogP contribution in [0.15, 0.2) is 0 Å². The molecule has 0 saturated carbocycles. The van der Waals surface area contributed by atoms with Crippen LogP contribution in [0.2, 0.25) is 0 Å². The molecule has 0 aliphatic carbocycles. The molecule has 0 spiro atoms. The number of halogens is 2. The van der Waals surface area contributed by atoms with Crippen molar-refractivity contribution in [2.45, 2.75) is 60.2 Å². The fourth-order valence-corrected chi connectivity index (χ4v) is 8.56. The first-order valence-electron chi connectivity index (χ1n) is 8.54. The summed E-state index contributed by atoms with van der Waals surface area (Å²) in [6.45, 7) is 4.28. The van der Waals surface area contributed by atoms with E-state index < -0.39 is 12.2 Å². The second-order valence-corrected chi connectivity index (χ2v) is 11.8. The van der Waals surface area contributed by atoms with Crippen molar-refractivity contribution in [3.63, 3.8) is 0 Å². The van der Waals surface area contributed by atoms with Crippen molar-refractivity contribution in [2.75, 3.05) is 34.5 Å². The number of hydrogen-bond donors (Lipinski definition) is 2. The Morgan fingerprint density at radius 2 is 1.25 bits per heavy atom. The van der Waals surface area contributed by atoms with E-state index in [2.05, 4.69) is 13.8 Å². The highest BCUT2D eigenvalue weighted by molar-refractivity contribution is 8.07. The smallest absolute Gasteiger partial charge is 0.0805 e. The molecule has 0 amide bonds. The maximum absolute atomic E-state index is 10.2. The molecule has 0 aromatic heterocycles. The van der Waals surface area contributed by atoms with Gasteiger partial charge in [0.2, 0.25) is 0 Å². The minimum Gasteiger partial charge on any atom is -0.391 e. The van der Waals surface area contributed by atoms with Gasteiger partial charge in [-0.15, -0.1) is 23.2 Å². The molecular formula is C16H30Cl2O2S4. The Labute approximate surface area is 174 Å². The first kappa shape index (κ1) is 23.9. The van der Waals surface area contributed by atoms with Gasteiger partial charge in [0.15, 0.2) is 0 Å². The summed E-state index contributed by atoms with van der Waals surface area (Å²) in [5.74, 6) is 5.32. The number of alkyl halides is 2. The maximum atomic E-state index is 10.2. The van der Waals surface area contributed by atoms with E-state index in [1.54, 1.807) is 47.0 Å². The number of aliphatic hydroxyl groups is 2. The zero-order valence-electron chi connectivity index (χ0n) is 14.4. The molecule has 1 aliphatic rings. The monoisotopic (exact) mass is 452 g/mol. The van der Waals surface area contributed by atoms with Gasteiger partial charge >= 0.3 is 0 Å². The summed E-state index contributed by atoms with van der Waals surface area (Å²) in [7, 11) is 0. The Morgan fingerprint density at radius 3 is 1.54 bits per heavy atom. The Kier molecular flexibility index (Phi) is 13.9. The van der Waals surface area contributed by atoms with Crippen molar-refractivity contribution in [3.8, 4) is 0 Å². The zero-order chi connectivity index (χ0) is 17.9. The third-order valence-electron chi connectivity index (χ3n) is 3.67. The average Bonchev–Trinajstić information content (AvgIpc) is 2.60. The highest BCUT2D eigenvalue weighted by atomic mass is 35.5. The summed E-state index contributed by atoms with van der Waals surface area (Å²) in [6, 6.07) is 0. The number of thioether (sulfide) groups is 4. The topological polar surface area (TPSA) is 40.5 Å². The van der Waals surface area contributed by atoms with E-state index in [-0.39, 0.29) is 21.3 Å². The summed E-state index contributed by atoms with van der Waals surface area (Å²) in [6.07, 6.45) is 1.33. The standard InChI is InChI=1S/C16H30Cl2O2S4/c1-3-5-21-7-11(19)15(17)13-9-24-14(10-23-13)16(18)12(20)8-22-6-4-2/h11-16,19-20H,3-10H2,1-2H3. The van der Waals surface area contributed by atoms with Crippen LogP contribution in [0, 0.1) is 0 Å². The molecule has 2 N–H and O–H groups in total. The third-order valence-corrected chi connectivity index (χ3v) is 11.0. The average molecular weight is 454 g/mol. The quantitative estimate of drug-likeness (QED) is 0.337. The van der Waals surface area contributed by atoms with Crippen molar-refractivity contribution >= 4 is 70.2 Å². The first-order chi connectivity index (χ1) is 11.5. The van der Waals surface area contributed by atoms with Gasteiger partial charge in [-0.25, -0.2) is 0 Å². The molecule has 1 aliphatic heterocycles. The van der Waals surface area contributed by atoms with Crippen LogP contribution in [0.5, 0.6) is 0 Å². The van der Waals surface area contributed by atoms with E-state index >= 15 is 0 Å². The third kappa shape index (κ3) is 8.73. The largest absolute Gasteiger partial charge is 0.391 e. The van der Waals surface area contributed by atoms with E-state index in [0.29, 0.717) is 11.5 Å². The summed E-state index contributed by atoms with van der Waals surface area (Å²) >= 11 is 20.1. The van der Waals surface area contributed by atoms with Gasteiger partial charge in [0.25, 0.3) is 0 Å². The predicted octanol–water partition coefficient (Wildman–Crippen LogP) is 4.43. The maximum Gasteiger partial charge on any atom is 0.0805 e. The zero-order valence-corrected chi connectivity index (χ0v) is 19.2. The van der Waals surface area contributed by atoms with Gasteiger partial charge in [0.05, 0.1) is 23.0 Å². The predicted molar refractivity (Wildman–Crippen MR) is 119 cm³/mol. The summed E-state index contributed by atoms with van der Waals surface area (Å²) in [5.41, 5.74) is 0. The van der Waals surface area contributed by atoms with Crippen LogP contribution in [-0.4, -0.2) is 78.2 Å². The van der Waals surface area contributed by atoms with E-state index in [9.17, 15) is 10.2 Å². The second kappa shape index (κ2) is 14.0. The molecular weight excluding hydrogens is 423 g/mol. The van der Waals surface area contributed by atoms with Gasteiger partial charge < -0.3 is 10.2 Å². The molecule has 6 unspecified atom stereocenters. The highest BCUT2D eigenvalue weighted by Crippen LogP contribution is 2.38. The fraction of sp³-hybridized carbons (Fsp3) is 1.00. The molecule has 0 aromatic carbocycles. The molecule has 1 saturated heterocycles. The molecule has 144 valence electrons. The van der Waals surface area contributed by atoms with Crippen LogP contribution in [0.1, 0.15) is 26.7 Å². The van der Waals surface area contributed by atoms with E-state index in [1.807, 2.05) is 0 Å². The molecule has 2 nitrogen and oxygen atoms in total. The van der Waals surface area contributed by atoms with Gasteiger partial charge in [-0.3, -0.25) is 0 Å². The van der Waals surface area contributed by atoms with Crippen LogP contribution >= 0.6 is 70.2 Å². The van der Waals surface area contributed by atoms with E-state index in [4.69, 9.17) is 23.2 Å². The number of rotatable bonds is 12. The fourth-order valence-electron chi connectivity index (χ4n) is 2.28. The van der Waals surface area contributed by atoms with Crippen molar-refractivity contribution in [1.82, 2.24) is 0 Å². The van der Waals surface area contributed by atoms with Crippen molar-refractivity contribution in [3.05, 3.63) is 0 Å². The molecule has 6 atom stereocenters. The van der Waals surface area contributed by atoms with Crippen LogP contribution in [0.3, 0.4) is 0 Å². The number of hydrogen-bond acceptors (Lipinski definition) is 6. The summed E-state index contributed by atoms with van der Waals surface area (Å²) < 4.78 is 0. The van der Waals surface area contributed by atoms with Gasteiger partial charge in [-0.05, 0) is 24.3 Å². The normalized spacial score (nSPS) is 26.8. The van der Waals surface area contributed by atoms with Gasteiger partial charge in [-0.1, -0.05) is 13.8 Å². The van der Waals surface area contributed by atoms with Crippen LogP contribution < -0.4 is 0 Å². The van der Waals surface area contributed by atoms with Gasteiger partial charge in [0.1, 0.15) is 0 Å². The van der Waals surface area contributed by atoms with Crippen LogP contribution in [0.4, 0.5) is 0 Å². The van der Waals surface area contributed by atoms with Crippen LogP contribution in [0.25, 0.3) is 0 Å². The molecule has 0 radical (unpaired) electrons. The lowest BCUT2D eigenvalue weighted by molar-refractivity contribution is 0.191. The van der Waals surface area contributed by atoms with E-state index in [0.717, 1.165) is 35.9 Å². The lowest BCUT2D eigenvalue weighted by Crippen LogP contribution is -2.42. The SMILES string of the molecule is CCCSCC(O)C(Cl)C1CSC(C(Cl)C(O)CSCCC)CS1. The summed E-state index contributed by atoms with van der Waals surface area (Å²) in [5, 5.41) is 20.5. The Morgan fingerprint density at radius 1 is 0.875 bits per heavy atom. The molecule has 0 aromatic rings. The van der Waals surface area contributed by atoms with Crippen LogP contribution in [-0.2, 0) is 0 Å². The second-order valence-electron chi connectivity index (χ2n) is 5.92. The lowest BCUT2D eigenvalue weighted by Gasteiger charge is -2.35. The molecule has 8 heteroatoms.